The molecule has 0 saturated carbocycles. The molecule has 3 aromatic rings. The van der Waals surface area contributed by atoms with E-state index in [9.17, 15) is 5.26 Å². The lowest BCUT2D eigenvalue weighted by Gasteiger charge is -2.10. The molecular formula is C18H12N2. The maximum atomic E-state index is 9.37. The second-order valence-corrected chi connectivity index (χ2v) is 4.43. The van der Waals surface area contributed by atoms with Crippen LogP contribution in [0.3, 0.4) is 0 Å². The Hall–Kier alpha value is -2.92. The van der Waals surface area contributed by atoms with E-state index in [1.165, 1.54) is 0 Å². The molecule has 0 saturated heterocycles. The molecule has 0 aliphatic heterocycles. The number of pyridine rings is 1. The van der Waals surface area contributed by atoms with Crippen LogP contribution in [0.2, 0.25) is 0 Å². The summed E-state index contributed by atoms with van der Waals surface area (Å²) in [4.78, 5) is 4.48. The van der Waals surface area contributed by atoms with Crippen molar-refractivity contribution in [1.82, 2.24) is 4.98 Å². The normalized spacial score (nSPS) is 9.95. The molecular weight excluding hydrogens is 244 g/mol. The van der Waals surface area contributed by atoms with E-state index in [0.717, 1.165) is 22.4 Å². The number of aromatic nitrogens is 1. The van der Waals surface area contributed by atoms with Crippen LogP contribution in [0.25, 0.3) is 22.4 Å². The fraction of sp³-hybridized carbons (Fsp3) is 0. The third kappa shape index (κ3) is 2.17. The van der Waals surface area contributed by atoms with Crippen LogP contribution in [0, 0.1) is 11.3 Å². The zero-order valence-electron chi connectivity index (χ0n) is 10.8. The van der Waals surface area contributed by atoms with E-state index in [1.807, 2.05) is 60.7 Å². The van der Waals surface area contributed by atoms with Crippen molar-refractivity contribution in [2.45, 2.75) is 0 Å². The molecule has 20 heavy (non-hydrogen) atoms. The van der Waals surface area contributed by atoms with Crippen molar-refractivity contribution in [3.8, 4) is 28.5 Å². The predicted octanol–water partition coefficient (Wildman–Crippen LogP) is 4.29. The number of hydrogen-bond donors (Lipinski definition) is 0. The van der Waals surface area contributed by atoms with E-state index in [0.29, 0.717) is 5.56 Å². The summed E-state index contributed by atoms with van der Waals surface area (Å²) in [5.74, 6) is 0. The Kier molecular flexibility index (Phi) is 3.26. The first-order valence-corrected chi connectivity index (χ1v) is 6.40. The summed E-state index contributed by atoms with van der Waals surface area (Å²) in [6, 6.07) is 23.9. The summed E-state index contributed by atoms with van der Waals surface area (Å²) < 4.78 is 0. The first-order chi connectivity index (χ1) is 9.90. The summed E-state index contributed by atoms with van der Waals surface area (Å²) in [7, 11) is 0. The summed E-state index contributed by atoms with van der Waals surface area (Å²) in [5, 5.41) is 9.37. The lowest BCUT2D eigenvalue weighted by Crippen LogP contribution is -1.92. The van der Waals surface area contributed by atoms with Gasteiger partial charge in [0, 0.05) is 17.3 Å². The largest absolute Gasteiger partial charge is 0.256 e. The molecule has 0 fully saturated rings. The van der Waals surface area contributed by atoms with Gasteiger partial charge in [-0.05, 0) is 11.6 Å². The van der Waals surface area contributed by atoms with Gasteiger partial charge in [0.05, 0.1) is 17.3 Å². The number of hydrogen-bond acceptors (Lipinski definition) is 2. The molecule has 0 radical (unpaired) electrons. The van der Waals surface area contributed by atoms with Gasteiger partial charge in [0.2, 0.25) is 0 Å². The lowest BCUT2D eigenvalue weighted by atomic mass is 9.95. The Morgan fingerprint density at radius 3 is 1.95 bits per heavy atom. The maximum Gasteiger partial charge on any atom is 0.0999 e. The van der Waals surface area contributed by atoms with Crippen molar-refractivity contribution in [3.63, 3.8) is 0 Å². The van der Waals surface area contributed by atoms with Crippen molar-refractivity contribution >= 4 is 0 Å². The molecule has 0 aliphatic carbocycles. The van der Waals surface area contributed by atoms with E-state index in [1.54, 1.807) is 12.3 Å². The van der Waals surface area contributed by atoms with Crippen LogP contribution in [-0.2, 0) is 0 Å². The van der Waals surface area contributed by atoms with Crippen LogP contribution in [0.1, 0.15) is 5.56 Å². The van der Waals surface area contributed by atoms with Crippen LogP contribution >= 0.6 is 0 Å². The van der Waals surface area contributed by atoms with Crippen molar-refractivity contribution in [3.05, 3.63) is 78.5 Å². The highest BCUT2D eigenvalue weighted by Crippen LogP contribution is 2.32. The number of benzene rings is 2. The van der Waals surface area contributed by atoms with E-state index in [4.69, 9.17) is 0 Å². The standard InChI is InChI=1S/C18H12N2/c19-13-16-11-12-20-18(15-9-5-2-6-10-15)17(16)14-7-3-1-4-8-14/h1-12H. The van der Waals surface area contributed by atoms with Crippen molar-refractivity contribution in [2.75, 3.05) is 0 Å². The van der Waals surface area contributed by atoms with Gasteiger partial charge in [0.25, 0.3) is 0 Å². The Labute approximate surface area is 118 Å². The molecule has 3 rings (SSSR count). The number of rotatable bonds is 2. The molecule has 0 aliphatic rings. The van der Waals surface area contributed by atoms with Crippen LogP contribution in [0.5, 0.6) is 0 Å². The zero-order chi connectivity index (χ0) is 13.8. The third-order valence-corrected chi connectivity index (χ3v) is 3.18. The van der Waals surface area contributed by atoms with E-state index in [2.05, 4.69) is 11.1 Å². The first kappa shape index (κ1) is 12.1. The Morgan fingerprint density at radius 2 is 1.35 bits per heavy atom. The number of nitriles is 1. The summed E-state index contributed by atoms with van der Waals surface area (Å²) in [5.41, 5.74) is 4.40. The fourth-order valence-corrected chi connectivity index (χ4v) is 2.27. The molecule has 0 spiro atoms. The molecule has 1 heterocycles. The maximum absolute atomic E-state index is 9.37. The van der Waals surface area contributed by atoms with Crippen LogP contribution in [0.15, 0.2) is 72.9 Å². The molecule has 0 bridgehead atoms. The van der Waals surface area contributed by atoms with E-state index >= 15 is 0 Å². The SMILES string of the molecule is N#Cc1ccnc(-c2ccccc2)c1-c1ccccc1. The quantitative estimate of drug-likeness (QED) is 0.686. The lowest BCUT2D eigenvalue weighted by molar-refractivity contribution is 1.31. The van der Waals surface area contributed by atoms with Crippen LogP contribution < -0.4 is 0 Å². The molecule has 94 valence electrons. The van der Waals surface area contributed by atoms with Gasteiger partial charge in [-0.15, -0.1) is 0 Å². The molecule has 2 heteroatoms. The summed E-state index contributed by atoms with van der Waals surface area (Å²) in [6.07, 6.45) is 1.69. The summed E-state index contributed by atoms with van der Waals surface area (Å²) in [6.45, 7) is 0. The van der Waals surface area contributed by atoms with Gasteiger partial charge in [-0.2, -0.15) is 5.26 Å². The van der Waals surface area contributed by atoms with Crippen molar-refractivity contribution in [2.24, 2.45) is 0 Å². The Balaban J connectivity index is 2.30. The van der Waals surface area contributed by atoms with Gasteiger partial charge in [-0.3, -0.25) is 4.98 Å². The van der Waals surface area contributed by atoms with Gasteiger partial charge >= 0.3 is 0 Å². The molecule has 0 amide bonds. The van der Waals surface area contributed by atoms with Crippen molar-refractivity contribution < 1.29 is 0 Å². The topological polar surface area (TPSA) is 36.7 Å². The van der Waals surface area contributed by atoms with Crippen LogP contribution in [-0.4, -0.2) is 4.98 Å². The molecule has 2 nitrogen and oxygen atoms in total. The molecule has 1 aromatic heterocycles. The average molecular weight is 256 g/mol. The van der Waals surface area contributed by atoms with Gasteiger partial charge < -0.3 is 0 Å². The zero-order valence-corrected chi connectivity index (χ0v) is 10.8. The van der Waals surface area contributed by atoms with Crippen LogP contribution in [0.4, 0.5) is 0 Å². The monoisotopic (exact) mass is 256 g/mol. The summed E-state index contributed by atoms with van der Waals surface area (Å²) >= 11 is 0. The molecule has 0 unspecified atom stereocenters. The van der Waals surface area contributed by atoms with Crippen molar-refractivity contribution in [1.29, 1.82) is 5.26 Å². The highest BCUT2D eigenvalue weighted by molar-refractivity contribution is 5.84. The van der Waals surface area contributed by atoms with Gasteiger partial charge in [-0.1, -0.05) is 60.7 Å². The highest BCUT2D eigenvalue weighted by atomic mass is 14.7. The minimum Gasteiger partial charge on any atom is -0.256 e. The molecule has 0 N–H and O–H groups in total. The number of nitrogens with zero attached hydrogens (tertiary/aromatic N) is 2. The molecule has 0 atom stereocenters. The second kappa shape index (κ2) is 5.38. The predicted molar refractivity (Wildman–Crippen MR) is 79.8 cm³/mol. The first-order valence-electron chi connectivity index (χ1n) is 6.40. The smallest absolute Gasteiger partial charge is 0.0999 e. The van der Waals surface area contributed by atoms with Gasteiger partial charge in [0.15, 0.2) is 0 Å². The minimum atomic E-state index is 0.644. The minimum absolute atomic E-state index is 0.644. The highest BCUT2D eigenvalue weighted by Gasteiger charge is 2.13. The van der Waals surface area contributed by atoms with E-state index < -0.39 is 0 Å². The average Bonchev–Trinajstić information content (AvgIpc) is 2.55. The molecule has 2 aromatic carbocycles. The Bertz CT molecular complexity index is 756. The van der Waals surface area contributed by atoms with Gasteiger partial charge in [-0.25, -0.2) is 0 Å². The fourth-order valence-electron chi connectivity index (χ4n) is 2.27. The van der Waals surface area contributed by atoms with E-state index in [-0.39, 0.29) is 0 Å². The second-order valence-electron chi connectivity index (χ2n) is 4.43. The Morgan fingerprint density at radius 1 is 0.750 bits per heavy atom. The van der Waals surface area contributed by atoms with Gasteiger partial charge in [0.1, 0.15) is 0 Å². The third-order valence-electron chi connectivity index (χ3n) is 3.18.